The van der Waals surface area contributed by atoms with E-state index in [4.69, 9.17) is 4.74 Å². The summed E-state index contributed by atoms with van der Waals surface area (Å²) < 4.78 is 5.32. The Bertz CT molecular complexity index is 544. The molecule has 1 fully saturated rings. The first-order valence-electron chi connectivity index (χ1n) is 8.36. The number of aryl methyl sites for hydroxylation is 1. The molecule has 1 unspecified atom stereocenters. The second kappa shape index (κ2) is 6.69. The Morgan fingerprint density at radius 3 is 3.09 bits per heavy atom. The number of methoxy groups -OCH3 is 1. The third kappa shape index (κ3) is 3.12. The van der Waals surface area contributed by atoms with E-state index in [1.165, 1.54) is 11.1 Å². The topological polar surface area (TPSA) is 41.6 Å². The van der Waals surface area contributed by atoms with E-state index in [0.29, 0.717) is 24.3 Å². The number of carbonyl (C=O) groups excluding carboxylic acids is 1. The minimum absolute atomic E-state index is 0.306. The van der Waals surface area contributed by atoms with E-state index in [2.05, 4.69) is 24.4 Å². The lowest BCUT2D eigenvalue weighted by molar-refractivity contribution is -0.134. The van der Waals surface area contributed by atoms with Gasteiger partial charge in [0.1, 0.15) is 5.75 Å². The molecule has 1 aromatic carbocycles. The lowest BCUT2D eigenvalue weighted by atomic mass is 9.80. The predicted octanol–water partition coefficient (Wildman–Crippen LogP) is 2.33. The molecule has 1 aromatic rings. The van der Waals surface area contributed by atoms with Crippen LogP contribution in [0.25, 0.3) is 0 Å². The molecule has 0 saturated carbocycles. The number of rotatable bonds is 3. The first kappa shape index (κ1) is 15.3. The molecule has 1 aliphatic carbocycles. The van der Waals surface area contributed by atoms with Crippen molar-refractivity contribution in [2.75, 3.05) is 26.7 Å². The maximum absolute atomic E-state index is 12.7. The Balaban J connectivity index is 1.72. The highest BCUT2D eigenvalue weighted by Gasteiger charge is 2.28. The number of nitrogens with zero attached hydrogens (tertiary/aromatic N) is 1. The van der Waals surface area contributed by atoms with Crippen molar-refractivity contribution in [3.05, 3.63) is 29.3 Å². The Hall–Kier alpha value is -1.55. The van der Waals surface area contributed by atoms with Gasteiger partial charge >= 0.3 is 0 Å². The summed E-state index contributed by atoms with van der Waals surface area (Å²) in [5, 5.41) is 3.34. The molecule has 0 radical (unpaired) electrons. The molecule has 0 bridgehead atoms. The molecule has 3 rings (SSSR count). The maximum atomic E-state index is 12.7. The van der Waals surface area contributed by atoms with Gasteiger partial charge in [-0.15, -0.1) is 0 Å². The standard InChI is InChI=1S/C18H26N2O2/c1-13-12-19-8-9-20(13)18(21)11-15-5-3-4-14-10-16(22-2)6-7-17(14)15/h6-7,10,13,15,19H,3-5,8-9,11-12H2,1-2H3/t13-,15?/m1/s1. The molecule has 1 aliphatic heterocycles. The van der Waals surface area contributed by atoms with Crippen LogP contribution in [0.2, 0.25) is 0 Å². The second-order valence-corrected chi connectivity index (χ2v) is 6.50. The van der Waals surface area contributed by atoms with Crippen molar-refractivity contribution in [1.82, 2.24) is 10.2 Å². The smallest absolute Gasteiger partial charge is 0.223 e. The molecular formula is C18H26N2O2. The number of fused-ring (bicyclic) bond motifs is 1. The molecule has 1 N–H and O–H groups in total. The molecule has 4 nitrogen and oxygen atoms in total. The molecular weight excluding hydrogens is 276 g/mol. The fraction of sp³-hybridized carbons (Fsp3) is 0.611. The predicted molar refractivity (Wildman–Crippen MR) is 87.3 cm³/mol. The van der Waals surface area contributed by atoms with Crippen molar-refractivity contribution < 1.29 is 9.53 Å². The van der Waals surface area contributed by atoms with Gasteiger partial charge in [0, 0.05) is 32.1 Å². The number of ether oxygens (including phenoxy) is 1. The summed E-state index contributed by atoms with van der Waals surface area (Å²) in [6, 6.07) is 6.63. The van der Waals surface area contributed by atoms with Crippen molar-refractivity contribution in [1.29, 1.82) is 0 Å². The summed E-state index contributed by atoms with van der Waals surface area (Å²) >= 11 is 0. The number of benzene rings is 1. The fourth-order valence-corrected chi connectivity index (χ4v) is 3.77. The Kier molecular flexibility index (Phi) is 4.67. The van der Waals surface area contributed by atoms with Gasteiger partial charge in [0.15, 0.2) is 0 Å². The maximum Gasteiger partial charge on any atom is 0.223 e. The van der Waals surface area contributed by atoms with Gasteiger partial charge in [0.2, 0.25) is 5.91 Å². The van der Waals surface area contributed by atoms with E-state index >= 15 is 0 Å². The molecule has 22 heavy (non-hydrogen) atoms. The molecule has 1 saturated heterocycles. The van der Waals surface area contributed by atoms with E-state index in [1.54, 1.807) is 7.11 Å². The Morgan fingerprint density at radius 2 is 2.32 bits per heavy atom. The summed E-state index contributed by atoms with van der Waals surface area (Å²) in [5.74, 6) is 1.59. The van der Waals surface area contributed by atoms with E-state index in [0.717, 1.165) is 44.6 Å². The molecule has 1 heterocycles. The highest BCUT2D eigenvalue weighted by Crippen LogP contribution is 2.36. The van der Waals surface area contributed by atoms with Gasteiger partial charge in [-0.2, -0.15) is 0 Å². The molecule has 0 spiro atoms. The monoisotopic (exact) mass is 302 g/mol. The quantitative estimate of drug-likeness (QED) is 0.932. The van der Waals surface area contributed by atoms with Crippen LogP contribution < -0.4 is 10.1 Å². The lowest BCUT2D eigenvalue weighted by Gasteiger charge is -2.35. The van der Waals surface area contributed by atoms with Gasteiger partial charge in [0.05, 0.1) is 7.11 Å². The van der Waals surface area contributed by atoms with E-state index in [-0.39, 0.29) is 0 Å². The number of amides is 1. The molecule has 1 amide bonds. The van der Waals surface area contributed by atoms with Crippen LogP contribution in [-0.2, 0) is 11.2 Å². The van der Waals surface area contributed by atoms with Gasteiger partial charge in [0.25, 0.3) is 0 Å². The number of piperazine rings is 1. The highest BCUT2D eigenvalue weighted by molar-refractivity contribution is 5.77. The average molecular weight is 302 g/mol. The van der Waals surface area contributed by atoms with Crippen molar-refractivity contribution in [3.63, 3.8) is 0 Å². The third-order valence-corrected chi connectivity index (χ3v) is 5.03. The van der Waals surface area contributed by atoms with Crippen molar-refractivity contribution >= 4 is 5.91 Å². The highest BCUT2D eigenvalue weighted by atomic mass is 16.5. The number of nitrogens with one attached hydrogen (secondary N) is 1. The summed E-state index contributed by atoms with van der Waals surface area (Å²) in [7, 11) is 1.71. The Labute approximate surface area is 132 Å². The normalized spacial score (nSPS) is 24.7. The minimum atomic E-state index is 0.306. The van der Waals surface area contributed by atoms with Crippen LogP contribution in [-0.4, -0.2) is 43.6 Å². The summed E-state index contributed by atoms with van der Waals surface area (Å²) in [4.78, 5) is 14.7. The first-order chi connectivity index (χ1) is 10.7. The van der Waals surface area contributed by atoms with E-state index < -0.39 is 0 Å². The van der Waals surface area contributed by atoms with Crippen LogP contribution >= 0.6 is 0 Å². The van der Waals surface area contributed by atoms with Gasteiger partial charge < -0.3 is 15.0 Å². The number of hydrogen-bond donors (Lipinski definition) is 1. The van der Waals surface area contributed by atoms with Gasteiger partial charge in [-0.05, 0) is 55.4 Å². The largest absolute Gasteiger partial charge is 0.497 e. The zero-order valence-electron chi connectivity index (χ0n) is 13.6. The van der Waals surface area contributed by atoms with E-state index in [9.17, 15) is 4.79 Å². The summed E-state index contributed by atoms with van der Waals surface area (Å²) in [6.45, 7) is 4.78. The van der Waals surface area contributed by atoms with Crippen molar-refractivity contribution in [3.8, 4) is 5.75 Å². The Morgan fingerprint density at radius 1 is 1.45 bits per heavy atom. The number of carbonyl (C=O) groups is 1. The van der Waals surface area contributed by atoms with E-state index in [1.807, 2.05) is 11.0 Å². The summed E-state index contributed by atoms with van der Waals surface area (Å²) in [6.07, 6.45) is 4.02. The number of hydrogen-bond acceptors (Lipinski definition) is 3. The van der Waals surface area contributed by atoms with Gasteiger partial charge in [-0.1, -0.05) is 6.07 Å². The summed E-state index contributed by atoms with van der Waals surface area (Å²) in [5.41, 5.74) is 2.71. The zero-order valence-corrected chi connectivity index (χ0v) is 13.6. The minimum Gasteiger partial charge on any atom is -0.497 e. The zero-order chi connectivity index (χ0) is 15.5. The van der Waals surface area contributed by atoms with Crippen molar-refractivity contribution in [2.45, 2.75) is 44.6 Å². The second-order valence-electron chi connectivity index (χ2n) is 6.50. The van der Waals surface area contributed by atoms with Crippen molar-refractivity contribution in [2.24, 2.45) is 0 Å². The molecule has 4 heteroatoms. The molecule has 120 valence electrons. The first-order valence-corrected chi connectivity index (χ1v) is 8.36. The van der Waals surface area contributed by atoms with Crippen LogP contribution in [0.1, 0.15) is 43.2 Å². The molecule has 2 aliphatic rings. The SMILES string of the molecule is COc1ccc2c(c1)CCCC2CC(=O)N1CCNC[C@H]1C. The molecule has 0 aromatic heterocycles. The fourth-order valence-electron chi connectivity index (χ4n) is 3.77. The average Bonchev–Trinajstić information content (AvgIpc) is 2.55. The van der Waals surface area contributed by atoms with Crippen LogP contribution in [0.5, 0.6) is 5.75 Å². The van der Waals surface area contributed by atoms with Crippen LogP contribution in [0, 0.1) is 0 Å². The third-order valence-electron chi connectivity index (χ3n) is 5.03. The molecule has 2 atom stereocenters. The van der Waals surface area contributed by atoms with Crippen LogP contribution in [0.4, 0.5) is 0 Å². The van der Waals surface area contributed by atoms with Gasteiger partial charge in [-0.25, -0.2) is 0 Å². The van der Waals surface area contributed by atoms with Crippen LogP contribution in [0.15, 0.2) is 18.2 Å². The lowest BCUT2D eigenvalue weighted by Crippen LogP contribution is -2.52. The van der Waals surface area contributed by atoms with Crippen LogP contribution in [0.3, 0.4) is 0 Å². The van der Waals surface area contributed by atoms with Gasteiger partial charge in [-0.3, -0.25) is 4.79 Å².